The van der Waals surface area contributed by atoms with Gasteiger partial charge in [-0.1, -0.05) is 72.8 Å². The highest BCUT2D eigenvalue weighted by Crippen LogP contribution is 2.22. The van der Waals surface area contributed by atoms with E-state index in [1.54, 1.807) is 0 Å². The number of aliphatic carboxylic acids is 1. The molecule has 0 heterocycles. The van der Waals surface area contributed by atoms with Crippen LogP contribution in [-0.2, 0) is 22.4 Å². The summed E-state index contributed by atoms with van der Waals surface area (Å²) < 4.78 is 5.68. The Labute approximate surface area is 154 Å². The molecule has 3 nitrogen and oxygen atoms in total. The van der Waals surface area contributed by atoms with Gasteiger partial charge >= 0.3 is 5.97 Å². The van der Waals surface area contributed by atoms with Crippen LogP contribution in [0.25, 0.3) is 10.8 Å². The molecular weight excluding hydrogens is 324 g/mol. The molecule has 1 unspecified atom stereocenters. The van der Waals surface area contributed by atoms with Crippen molar-refractivity contribution in [2.45, 2.75) is 19.3 Å². The molecule has 0 fully saturated rings. The van der Waals surface area contributed by atoms with Gasteiger partial charge < -0.3 is 9.84 Å². The van der Waals surface area contributed by atoms with Crippen molar-refractivity contribution < 1.29 is 14.6 Å². The summed E-state index contributed by atoms with van der Waals surface area (Å²) in [4.78, 5) is 11.7. The predicted octanol–water partition coefficient (Wildman–Crippen LogP) is 4.73. The smallest absolute Gasteiger partial charge is 0.306 e. The Morgan fingerprint density at radius 1 is 0.885 bits per heavy atom. The van der Waals surface area contributed by atoms with E-state index in [1.807, 2.05) is 42.5 Å². The van der Waals surface area contributed by atoms with Crippen LogP contribution >= 0.6 is 0 Å². The highest BCUT2D eigenvalue weighted by atomic mass is 16.5. The minimum absolute atomic E-state index is 0.433. The summed E-state index contributed by atoms with van der Waals surface area (Å²) in [5, 5.41) is 11.9. The Bertz CT molecular complexity index is 837. The van der Waals surface area contributed by atoms with Crippen molar-refractivity contribution in [1.29, 1.82) is 0 Å². The molecule has 0 aliphatic heterocycles. The molecule has 1 atom stereocenters. The highest BCUT2D eigenvalue weighted by molar-refractivity contribution is 5.86. The minimum Gasteiger partial charge on any atom is -0.481 e. The molecule has 3 aromatic rings. The second-order valence-electron chi connectivity index (χ2n) is 6.51. The summed E-state index contributed by atoms with van der Waals surface area (Å²) in [7, 11) is 0. The number of carboxylic acid groups (broad SMARTS) is 1. The molecule has 0 radical (unpaired) electrons. The number of carbonyl (C=O) groups is 1. The lowest BCUT2D eigenvalue weighted by molar-refractivity contribution is -0.142. The van der Waals surface area contributed by atoms with Crippen LogP contribution in [0, 0.1) is 5.92 Å². The number of hydrogen-bond donors (Lipinski definition) is 1. The first kappa shape index (κ1) is 18.2. The summed E-state index contributed by atoms with van der Waals surface area (Å²) in [5.74, 6) is -1.19. The van der Waals surface area contributed by atoms with Crippen LogP contribution in [0.3, 0.4) is 0 Å². The third-order valence-corrected chi connectivity index (χ3v) is 4.68. The average molecular weight is 348 g/mol. The standard InChI is InChI=1S/C23H24O3/c24-23(25)21(14-16-26-15-13-18-7-2-1-3-8-18)17-20-11-6-10-19-9-4-5-12-22(19)20/h1-12,21H,13-17H2,(H,24,25). The molecule has 0 aliphatic carbocycles. The number of rotatable bonds is 9. The summed E-state index contributed by atoms with van der Waals surface area (Å²) in [6.07, 6.45) is 1.90. The Balaban J connectivity index is 1.53. The van der Waals surface area contributed by atoms with Gasteiger partial charge in [0.05, 0.1) is 12.5 Å². The number of carboxylic acids is 1. The SMILES string of the molecule is O=C(O)C(CCOCCc1ccccc1)Cc1cccc2ccccc12. The fourth-order valence-corrected chi connectivity index (χ4v) is 3.21. The van der Waals surface area contributed by atoms with Gasteiger partial charge in [0.1, 0.15) is 0 Å². The van der Waals surface area contributed by atoms with Crippen molar-refractivity contribution in [3.63, 3.8) is 0 Å². The molecule has 3 rings (SSSR count). The highest BCUT2D eigenvalue weighted by Gasteiger charge is 2.19. The quantitative estimate of drug-likeness (QED) is 0.569. The van der Waals surface area contributed by atoms with Gasteiger partial charge in [0, 0.05) is 6.61 Å². The van der Waals surface area contributed by atoms with Gasteiger partial charge in [0.15, 0.2) is 0 Å². The van der Waals surface area contributed by atoms with E-state index in [-0.39, 0.29) is 0 Å². The lowest BCUT2D eigenvalue weighted by Gasteiger charge is -2.14. The van der Waals surface area contributed by atoms with E-state index in [0.29, 0.717) is 26.1 Å². The van der Waals surface area contributed by atoms with E-state index >= 15 is 0 Å². The van der Waals surface area contributed by atoms with Crippen LogP contribution in [0.4, 0.5) is 0 Å². The lowest BCUT2D eigenvalue weighted by atomic mass is 9.93. The van der Waals surface area contributed by atoms with Crippen LogP contribution in [0.5, 0.6) is 0 Å². The first-order valence-corrected chi connectivity index (χ1v) is 9.05. The van der Waals surface area contributed by atoms with Gasteiger partial charge in [0.2, 0.25) is 0 Å². The van der Waals surface area contributed by atoms with Crippen molar-refractivity contribution in [1.82, 2.24) is 0 Å². The normalized spacial score (nSPS) is 12.2. The Morgan fingerprint density at radius 3 is 2.42 bits per heavy atom. The molecule has 1 N–H and O–H groups in total. The number of ether oxygens (including phenoxy) is 1. The lowest BCUT2D eigenvalue weighted by Crippen LogP contribution is -2.19. The van der Waals surface area contributed by atoms with Crippen molar-refractivity contribution in [2.24, 2.45) is 5.92 Å². The molecule has 0 bridgehead atoms. The van der Waals surface area contributed by atoms with E-state index in [1.165, 1.54) is 5.56 Å². The van der Waals surface area contributed by atoms with Crippen LogP contribution in [0.15, 0.2) is 72.8 Å². The first-order chi connectivity index (χ1) is 12.7. The Morgan fingerprint density at radius 2 is 1.62 bits per heavy atom. The van der Waals surface area contributed by atoms with Crippen LogP contribution in [0.1, 0.15) is 17.5 Å². The van der Waals surface area contributed by atoms with Crippen molar-refractivity contribution >= 4 is 16.7 Å². The van der Waals surface area contributed by atoms with E-state index in [9.17, 15) is 9.90 Å². The second kappa shape index (κ2) is 9.16. The zero-order valence-electron chi connectivity index (χ0n) is 14.8. The van der Waals surface area contributed by atoms with Gasteiger partial charge in [-0.05, 0) is 41.2 Å². The molecule has 0 aliphatic rings. The average Bonchev–Trinajstić information content (AvgIpc) is 2.67. The van der Waals surface area contributed by atoms with Crippen molar-refractivity contribution in [3.05, 3.63) is 83.9 Å². The maximum absolute atomic E-state index is 11.7. The van der Waals surface area contributed by atoms with Gasteiger partial charge in [-0.25, -0.2) is 0 Å². The van der Waals surface area contributed by atoms with Crippen LogP contribution < -0.4 is 0 Å². The van der Waals surface area contributed by atoms with Gasteiger partial charge in [-0.2, -0.15) is 0 Å². The maximum Gasteiger partial charge on any atom is 0.306 e. The summed E-state index contributed by atoms with van der Waals surface area (Å²) >= 11 is 0. The van der Waals surface area contributed by atoms with E-state index in [0.717, 1.165) is 22.8 Å². The molecule has 0 saturated heterocycles. The largest absolute Gasteiger partial charge is 0.481 e. The number of fused-ring (bicyclic) bond motifs is 1. The van der Waals surface area contributed by atoms with Crippen molar-refractivity contribution in [3.8, 4) is 0 Å². The summed E-state index contributed by atoms with van der Waals surface area (Å²) in [6.45, 7) is 1.08. The third kappa shape index (κ3) is 4.93. The summed E-state index contributed by atoms with van der Waals surface area (Å²) in [6, 6.07) is 24.3. The first-order valence-electron chi connectivity index (χ1n) is 9.05. The third-order valence-electron chi connectivity index (χ3n) is 4.68. The number of benzene rings is 3. The minimum atomic E-state index is -0.760. The van der Waals surface area contributed by atoms with E-state index in [2.05, 4.69) is 30.3 Å². The van der Waals surface area contributed by atoms with E-state index in [4.69, 9.17) is 4.74 Å². The molecule has 0 aromatic heterocycles. The van der Waals surface area contributed by atoms with Gasteiger partial charge in [-0.15, -0.1) is 0 Å². The maximum atomic E-state index is 11.7. The van der Waals surface area contributed by atoms with Crippen LogP contribution in [-0.4, -0.2) is 24.3 Å². The van der Waals surface area contributed by atoms with E-state index < -0.39 is 11.9 Å². The predicted molar refractivity (Wildman–Crippen MR) is 104 cm³/mol. The molecule has 134 valence electrons. The topological polar surface area (TPSA) is 46.5 Å². The molecule has 3 heteroatoms. The zero-order chi connectivity index (χ0) is 18.2. The van der Waals surface area contributed by atoms with Gasteiger partial charge in [-0.3, -0.25) is 4.79 Å². The Kier molecular flexibility index (Phi) is 6.39. The Hall–Kier alpha value is -2.65. The van der Waals surface area contributed by atoms with Crippen molar-refractivity contribution in [2.75, 3.05) is 13.2 Å². The molecular formula is C23H24O3. The second-order valence-corrected chi connectivity index (χ2v) is 6.51. The molecule has 0 spiro atoms. The van der Waals surface area contributed by atoms with Gasteiger partial charge in [0.25, 0.3) is 0 Å². The monoisotopic (exact) mass is 348 g/mol. The molecule has 0 saturated carbocycles. The summed E-state index contributed by atoms with van der Waals surface area (Å²) in [5.41, 5.74) is 2.32. The fraction of sp³-hybridized carbons (Fsp3) is 0.261. The molecule has 3 aromatic carbocycles. The molecule has 26 heavy (non-hydrogen) atoms. The zero-order valence-corrected chi connectivity index (χ0v) is 14.8. The number of hydrogen-bond acceptors (Lipinski definition) is 2. The molecule has 0 amide bonds. The fourth-order valence-electron chi connectivity index (χ4n) is 3.21. The van der Waals surface area contributed by atoms with Crippen LogP contribution in [0.2, 0.25) is 0 Å².